The normalized spacial score (nSPS) is 11.7. The van der Waals surface area contributed by atoms with Crippen LogP contribution in [0.1, 0.15) is 21.6 Å². The van der Waals surface area contributed by atoms with Gasteiger partial charge < -0.3 is 4.90 Å². The molecule has 0 aliphatic rings. The average molecular weight is 333 g/mol. The van der Waals surface area contributed by atoms with E-state index in [1.54, 1.807) is 13.1 Å². The molecular weight excluding hydrogens is 319 g/mol. The van der Waals surface area contributed by atoms with Gasteiger partial charge in [-0.05, 0) is 23.8 Å². The summed E-state index contributed by atoms with van der Waals surface area (Å²) < 4.78 is 37.7. The highest BCUT2D eigenvalue weighted by Crippen LogP contribution is 2.29. The van der Waals surface area contributed by atoms with Crippen molar-refractivity contribution in [3.8, 4) is 0 Å². The lowest BCUT2D eigenvalue weighted by Gasteiger charge is -2.16. The Morgan fingerprint density at radius 3 is 2.46 bits per heavy atom. The molecule has 0 bridgehead atoms. The smallest absolute Gasteiger partial charge is 0.336 e. The van der Waals surface area contributed by atoms with Crippen LogP contribution in [0.3, 0.4) is 0 Å². The number of aromatic nitrogens is 2. The first-order valence-electron chi connectivity index (χ1n) is 7.21. The average Bonchev–Trinajstić information content (AvgIpc) is 2.97. The molecule has 0 aliphatic heterocycles. The lowest BCUT2D eigenvalue weighted by molar-refractivity contribution is -0.137. The van der Waals surface area contributed by atoms with Gasteiger partial charge in [-0.3, -0.25) is 9.89 Å². The molecule has 0 aliphatic carbocycles. The molecule has 1 amide bonds. The maximum atomic E-state index is 12.6. The zero-order valence-electron chi connectivity index (χ0n) is 12.8. The highest BCUT2D eigenvalue weighted by Gasteiger charge is 2.30. The maximum absolute atomic E-state index is 12.6. The molecule has 4 nitrogen and oxygen atoms in total. The third-order valence-electron chi connectivity index (χ3n) is 3.72. The van der Waals surface area contributed by atoms with Crippen LogP contribution < -0.4 is 0 Å². The first-order valence-corrected chi connectivity index (χ1v) is 7.21. The molecule has 0 fully saturated rings. The number of hydrogen-bond donors (Lipinski definition) is 1. The van der Waals surface area contributed by atoms with Gasteiger partial charge in [0.25, 0.3) is 5.91 Å². The van der Waals surface area contributed by atoms with Gasteiger partial charge in [0.05, 0.1) is 11.1 Å². The Bertz CT molecular complexity index is 869. The van der Waals surface area contributed by atoms with Crippen LogP contribution in [0.2, 0.25) is 0 Å². The van der Waals surface area contributed by atoms with Gasteiger partial charge >= 0.3 is 6.18 Å². The Kier molecular flexibility index (Phi) is 4.01. The number of carbonyl (C=O) groups excluding carboxylic acids is 1. The first-order chi connectivity index (χ1) is 11.4. The summed E-state index contributed by atoms with van der Waals surface area (Å²) in [6.45, 7) is 0.193. The molecule has 24 heavy (non-hydrogen) atoms. The van der Waals surface area contributed by atoms with E-state index in [-0.39, 0.29) is 12.5 Å². The van der Waals surface area contributed by atoms with Gasteiger partial charge in [-0.1, -0.05) is 30.3 Å². The molecule has 0 atom stereocenters. The van der Waals surface area contributed by atoms with Crippen LogP contribution in [-0.2, 0) is 12.7 Å². The number of benzene rings is 2. The van der Waals surface area contributed by atoms with Crippen LogP contribution in [0.5, 0.6) is 0 Å². The Balaban J connectivity index is 1.77. The molecule has 0 saturated heterocycles. The zero-order valence-corrected chi connectivity index (χ0v) is 12.8. The molecule has 7 heteroatoms. The van der Waals surface area contributed by atoms with E-state index >= 15 is 0 Å². The molecule has 124 valence electrons. The Morgan fingerprint density at radius 1 is 1.12 bits per heavy atom. The molecule has 0 spiro atoms. The topological polar surface area (TPSA) is 49.0 Å². The monoisotopic (exact) mass is 333 g/mol. The number of halogens is 3. The number of nitrogens with zero attached hydrogens (tertiary/aromatic N) is 2. The van der Waals surface area contributed by atoms with Gasteiger partial charge in [0, 0.05) is 19.0 Å². The van der Waals surface area contributed by atoms with Crippen molar-refractivity contribution >= 4 is 16.8 Å². The van der Waals surface area contributed by atoms with E-state index in [0.717, 1.165) is 17.6 Å². The molecule has 2 aromatic carbocycles. The summed E-state index contributed by atoms with van der Waals surface area (Å²) in [7, 11) is 1.59. The summed E-state index contributed by atoms with van der Waals surface area (Å²) in [6.07, 6.45) is -4.37. The van der Waals surface area contributed by atoms with E-state index in [4.69, 9.17) is 0 Å². The van der Waals surface area contributed by atoms with Gasteiger partial charge in [0.15, 0.2) is 5.69 Å². The molecule has 1 heterocycles. The van der Waals surface area contributed by atoms with Crippen molar-refractivity contribution in [3.63, 3.8) is 0 Å². The molecule has 3 rings (SSSR count). The van der Waals surface area contributed by atoms with E-state index in [2.05, 4.69) is 10.2 Å². The maximum Gasteiger partial charge on any atom is 0.416 e. The number of H-pyrrole nitrogens is 1. The van der Waals surface area contributed by atoms with Crippen molar-refractivity contribution in [1.82, 2.24) is 15.1 Å². The number of alkyl halides is 3. The Labute approximate surface area is 135 Å². The van der Waals surface area contributed by atoms with Crippen molar-refractivity contribution in [2.75, 3.05) is 7.05 Å². The fraction of sp³-hybridized carbons (Fsp3) is 0.176. The predicted molar refractivity (Wildman–Crippen MR) is 83.3 cm³/mol. The minimum atomic E-state index is -4.37. The Hall–Kier alpha value is -2.83. The number of amides is 1. The van der Waals surface area contributed by atoms with Gasteiger partial charge in [0.2, 0.25) is 0 Å². The van der Waals surface area contributed by atoms with Crippen LogP contribution in [0.25, 0.3) is 10.9 Å². The summed E-state index contributed by atoms with van der Waals surface area (Å²) in [4.78, 5) is 13.9. The lowest BCUT2D eigenvalue weighted by atomic mass is 10.1. The summed E-state index contributed by atoms with van der Waals surface area (Å²) in [5.74, 6) is -0.299. The van der Waals surface area contributed by atoms with E-state index in [1.807, 2.05) is 18.2 Å². The second kappa shape index (κ2) is 5.99. The molecular formula is C17H14F3N3O. The van der Waals surface area contributed by atoms with E-state index in [1.165, 1.54) is 17.0 Å². The first kappa shape index (κ1) is 16.0. The van der Waals surface area contributed by atoms with Gasteiger partial charge in [-0.25, -0.2) is 0 Å². The fourth-order valence-corrected chi connectivity index (χ4v) is 2.45. The summed E-state index contributed by atoms with van der Waals surface area (Å²) in [5, 5.41) is 7.54. The predicted octanol–water partition coefficient (Wildman–Crippen LogP) is 3.85. The number of carbonyl (C=O) groups is 1. The number of fused-ring (bicyclic) bond motifs is 1. The summed E-state index contributed by atoms with van der Waals surface area (Å²) in [6, 6.07) is 12.0. The second-order valence-electron chi connectivity index (χ2n) is 5.47. The minimum absolute atomic E-state index is 0.193. The zero-order chi connectivity index (χ0) is 17.3. The number of aromatic amines is 1. The second-order valence-corrected chi connectivity index (χ2v) is 5.47. The quantitative estimate of drug-likeness (QED) is 0.791. The number of hydrogen-bond acceptors (Lipinski definition) is 2. The van der Waals surface area contributed by atoms with Crippen molar-refractivity contribution in [1.29, 1.82) is 0 Å². The third-order valence-corrected chi connectivity index (χ3v) is 3.72. The Morgan fingerprint density at radius 2 is 1.79 bits per heavy atom. The SMILES string of the molecule is CN(Cc1ccc(C(F)(F)F)cc1)C(=O)c1n[nH]c2ccccc12. The molecule has 3 aromatic rings. The van der Waals surface area contributed by atoms with Gasteiger partial charge in [-0.2, -0.15) is 18.3 Å². The number of rotatable bonds is 3. The van der Waals surface area contributed by atoms with Crippen molar-refractivity contribution in [3.05, 3.63) is 65.4 Å². The van der Waals surface area contributed by atoms with E-state index < -0.39 is 11.7 Å². The van der Waals surface area contributed by atoms with Crippen molar-refractivity contribution < 1.29 is 18.0 Å². The molecule has 0 radical (unpaired) electrons. The van der Waals surface area contributed by atoms with E-state index in [0.29, 0.717) is 16.6 Å². The third kappa shape index (κ3) is 3.10. The molecule has 0 saturated carbocycles. The van der Waals surface area contributed by atoms with E-state index in [9.17, 15) is 18.0 Å². The van der Waals surface area contributed by atoms with Crippen LogP contribution in [0, 0.1) is 0 Å². The number of para-hydroxylation sites is 1. The van der Waals surface area contributed by atoms with Gasteiger partial charge in [-0.15, -0.1) is 0 Å². The minimum Gasteiger partial charge on any atom is -0.336 e. The van der Waals surface area contributed by atoms with Gasteiger partial charge in [0.1, 0.15) is 0 Å². The van der Waals surface area contributed by atoms with Crippen molar-refractivity contribution in [2.45, 2.75) is 12.7 Å². The molecule has 1 aromatic heterocycles. The van der Waals surface area contributed by atoms with Crippen molar-refractivity contribution in [2.24, 2.45) is 0 Å². The van der Waals surface area contributed by atoms with Crippen LogP contribution in [0.15, 0.2) is 48.5 Å². The van der Waals surface area contributed by atoms with Crippen LogP contribution >= 0.6 is 0 Å². The summed E-state index contributed by atoms with van der Waals surface area (Å²) >= 11 is 0. The highest BCUT2D eigenvalue weighted by atomic mass is 19.4. The molecule has 1 N–H and O–H groups in total. The van der Waals surface area contributed by atoms with Crippen LogP contribution in [0.4, 0.5) is 13.2 Å². The van der Waals surface area contributed by atoms with Crippen LogP contribution in [-0.4, -0.2) is 28.1 Å². The fourth-order valence-electron chi connectivity index (χ4n) is 2.45. The largest absolute Gasteiger partial charge is 0.416 e. The standard InChI is InChI=1S/C17H14F3N3O/c1-23(10-11-6-8-12(9-7-11)17(18,19)20)16(24)15-13-4-2-3-5-14(13)21-22-15/h2-9H,10H2,1H3,(H,21,22). The lowest BCUT2D eigenvalue weighted by Crippen LogP contribution is -2.26. The molecule has 0 unspecified atom stereocenters. The summed E-state index contributed by atoms with van der Waals surface area (Å²) in [5.41, 5.74) is 0.945. The highest BCUT2D eigenvalue weighted by molar-refractivity contribution is 6.04. The number of nitrogens with one attached hydrogen (secondary N) is 1.